The molecule has 0 radical (unpaired) electrons. The number of hydrogen-bond acceptors (Lipinski definition) is 3. The number of aryl methyl sites for hydroxylation is 1. The normalized spacial score (nSPS) is 11.1. The molecule has 4 aromatic rings. The maximum atomic E-state index is 11.3. The van der Waals surface area contributed by atoms with Crippen LogP contribution in [-0.4, -0.2) is 25.6 Å². The largest absolute Gasteiger partial charge is 0.478 e. The Hall–Kier alpha value is -2.89. The third kappa shape index (κ3) is 3.46. The van der Waals surface area contributed by atoms with Gasteiger partial charge in [-0.15, -0.1) is 0 Å². The van der Waals surface area contributed by atoms with Crippen molar-refractivity contribution in [3.05, 3.63) is 81.9 Å². The fraction of sp³-hybridized carbons (Fsp3) is 0.0952. The number of imidazole rings is 1. The number of aromatic carboxylic acids is 1. The summed E-state index contributed by atoms with van der Waals surface area (Å²) < 4.78 is 2.05. The summed E-state index contributed by atoms with van der Waals surface area (Å²) >= 11 is 12.1. The van der Waals surface area contributed by atoms with Gasteiger partial charge in [0, 0.05) is 5.56 Å². The maximum Gasteiger partial charge on any atom is 0.335 e. The highest BCUT2D eigenvalue weighted by Gasteiger charge is 2.12. The molecule has 0 aliphatic heterocycles. The Bertz CT molecular complexity index is 1220. The van der Waals surface area contributed by atoms with Crippen molar-refractivity contribution in [2.45, 2.75) is 13.5 Å². The zero-order valence-corrected chi connectivity index (χ0v) is 16.4. The zero-order valence-electron chi connectivity index (χ0n) is 14.9. The minimum Gasteiger partial charge on any atom is -0.478 e. The van der Waals surface area contributed by atoms with E-state index in [1.54, 1.807) is 24.3 Å². The molecule has 0 unspecified atom stereocenters. The second-order valence-corrected chi connectivity index (χ2v) is 7.16. The van der Waals surface area contributed by atoms with Gasteiger partial charge in [0.1, 0.15) is 16.1 Å². The van der Waals surface area contributed by atoms with E-state index in [9.17, 15) is 9.90 Å². The van der Waals surface area contributed by atoms with Gasteiger partial charge in [0.25, 0.3) is 0 Å². The molecule has 0 amide bonds. The summed E-state index contributed by atoms with van der Waals surface area (Å²) in [4.78, 5) is 20.0. The molecular formula is C21H15Cl2N3O2. The fourth-order valence-corrected chi connectivity index (χ4v) is 3.59. The lowest BCUT2D eigenvalue weighted by Crippen LogP contribution is -2.03. The fourth-order valence-electron chi connectivity index (χ4n) is 3.18. The lowest BCUT2D eigenvalue weighted by molar-refractivity contribution is 0.0697. The van der Waals surface area contributed by atoms with E-state index >= 15 is 0 Å². The highest BCUT2D eigenvalue weighted by atomic mass is 35.5. The minimum absolute atomic E-state index is 0.251. The van der Waals surface area contributed by atoms with Crippen LogP contribution in [0.15, 0.2) is 54.6 Å². The van der Waals surface area contributed by atoms with Crippen LogP contribution in [0.25, 0.3) is 22.2 Å². The quantitative estimate of drug-likeness (QED) is 0.452. The van der Waals surface area contributed by atoms with Gasteiger partial charge in [0.2, 0.25) is 0 Å². The molecule has 28 heavy (non-hydrogen) atoms. The maximum absolute atomic E-state index is 11.3. The number of nitrogens with zero attached hydrogens (tertiary/aromatic N) is 3. The Kier molecular flexibility index (Phi) is 4.79. The predicted molar refractivity (Wildman–Crippen MR) is 110 cm³/mol. The molecule has 1 N–H and O–H groups in total. The van der Waals surface area contributed by atoms with Gasteiger partial charge >= 0.3 is 5.97 Å². The van der Waals surface area contributed by atoms with E-state index in [1.807, 2.05) is 37.3 Å². The Morgan fingerprint density at radius 3 is 2.57 bits per heavy atom. The van der Waals surface area contributed by atoms with Crippen LogP contribution in [0.4, 0.5) is 0 Å². The second kappa shape index (κ2) is 7.26. The van der Waals surface area contributed by atoms with Gasteiger partial charge in [0.05, 0.1) is 23.1 Å². The molecule has 0 aliphatic carbocycles. The first-order valence-corrected chi connectivity index (χ1v) is 9.29. The number of carbonyl (C=O) groups is 1. The summed E-state index contributed by atoms with van der Waals surface area (Å²) in [7, 11) is 0. The number of fused-ring (bicyclic) bond motifs is 1. The van der Waals surface area contributed by atoms with Crippen molar-refractivity contribution in [2.24, 2.45) is 0 Å². The third-order valence-corrected chi connectivity index (χ3v) is 5.14. The first-order valence-electron chi connectivity index (χ1n) is 8.54. The number of aromatic nitrogens is 3. The van der Waals surface area contributed by atoms with E-state index in [0.29, 0.717) is 16.9 Å². The Morgan fingerprint density at radius 1 is 1.04 bits per heavy atom. The van der Waals surface area contributed by atoms with Gasteiger partial charge in [-0.25, -0.2) is 14.8 Å². The first kappa shape index (κ1) is 18.5. The molecule has 0 atom stereocenters. The Labute approximate surface area is 171 Å². The van der Waals surface area contributed by atoms with E-state index in [-0.39, 0.29) is 5.56 Å². The van der Waals surface area contributed by atoms with Crippen molar-refractivity contribution in [1.82, 2.24) is 14.5 Å². The summed E-state index contributed by atoms with van der Waals surface area (Å²) in [5.74, 6) is -0.105. The van der Waals surface area contributed by atoms with Crippen LogP contribution in [0.2, 0.25) is 10.3 Å². The summed E-state index contributed by atoms with van der Waals surface area (Å²) in [6.07, 6.45) is 0. The van der Waals surface area contributed by atoms with Crippen molar-refractivity contribution >= 4 is 40.2 Å². The van der Waals surface area contributed by atoms with Gasteiger partial charge in [-0.3, -0.25) is 0 Å². The molecule has 4 rings (SSSR count). The van der Waals surface area contributed by atoms with Gasteiger partial charge < -0.3 is 9.67 Å². The minimum atomic E-state index is -0.950. The van der Waals surface area contributed by atoms with Crippen LogP contribution in [0.1, 0.15) is 21.7 Å². The summed E-state index contributed by atoms with van der Waals surface area (Å²) in [5.41, 5.74) is 4.62. The van der Waals surface area contributed by atoms with Crippen molar-refractivity contribution in [3.63, 3.8) is 0 Å². The number of pyridine rings is 1. The molecular weight excluding hydrogens is 397 g/mol. The topological polar surface area (TPSA) is 68.0 Å². The van der Waals surface area contributed by atoms with E-state index in [1.165, 1.54) is 0 Å². The number of carboxylic acid groups (broad SMARTS) is 1. The summed E-state index contributed by atoms with van der Waals surface area (Å²) in [6, 6.07) is 16.3. The molecule has 7 heteroatoms. The van der Waals surface area contributed by atoms with Crippen molar-refractivity contribution in [3.8, 4) is 11.1 Å². The number of carboxylic acids is 1. The molecule has 0 aliphatic rings. The average molecular weight is 412 g/mol. The molecule has 140 valence electrons. The highest BCUT2D eigenvalue weighted by Crippen LogP contribution is 2.27. The molecule has 0 fully saturated rings. The third-order valence-electron chi connectivity index (χ3n) is 4.60. The molecule has 2 heterocycles. The Morgan fingerprint density at radius 2 is 1.82 bits per heavy atom. The van der Waals surface area contributed by atoms with Crippen LogP contribution in [0, 0.1) is 6.92 Å². The molecule has 0 saturated heterocycles. The van der Waals surface area contributed by atoms with Gasteiger partial charge in [-0.05, 0) is 48.4 Å². The predicted octanol–water partition coefficient (Wildman–Crippen LogP) is 5.46. The van der Waals surface area contributed by atoms with Crippen LogP contribution >= 0.6 is 23.2 Å². The average Bonchev–Trinajstić information content (AvgIpc) is 2.98. The van der Waals surface area contributed by atoms with Crippen LogP contribution in [-0.2, 0) is 6.54 Å². The molecule has 2 aromatic heterocycles. The van der Waals surface area contributed by atoms with Crippen LogP contribution in [0.5, 0.6) is 0 Å². The van der Waals surface area contributed by atoms with E-state index in [4.69, 9.17) is 23.2 Å². The smallest absolute Gasteiger partial charge is 0.335 e. The van der Waals surface area contributed by atoms with Crippen LogP contribution in [0.3, 0.4) is 0 Å². The number of rotatable bonds is 4. The van der Waals surface area contributed by atoms with Gasteiger partial charge in [-0.1, -0.05) is 47.5 Å². The monoisotopic (exact) mass is 411 g/mol. The standard InChI is InChI=1S/C21H15Cl2N3O2/c1-12-24-17-7-5-14(13-3-2-4-15(9-13)21(27)28)10-18(17)26(12)11-16-6-8-19(22)25-20(16)23/h2-10H,11H2,1H3,(H,27,28). The van der Waals surface area contributed by atoms with Crippen molar-refractivity contribution in [1.29, 1.82) is 0 Å². The first-order chi connectivity index (χ1) is 13.4. The number of benzene rings is 2. The molecule has 0 saturated carbocycles. The molecule has 0 spiro atoms. The molecule has 5 nitrogen and oxygen atoms in total. The van der Waals surface area contributed by atoms with E-state index in [0.717, 1.165) is 33.5 Å². The van der Waals surface area contributed by atoms with Crippen molar-refractivity contribution in [2.75, 3.05) is 0 Å². The Balaban J connectivity index is 1.80. The van der Waals surface area contributed by atoms with Gasteiger partial charge in [-0.2, -0.15) is 0 Å². The number of hydrogen-bond donors (Lipinski definition) is 1. The van der Waals surface area contributed by atoms with Crippen LogP contribution < -0.4 is 0 Å². The lowest BCUT2D eigenvalue weighted by atomic mass is 10.0. The van der Waals surface area contributed by atoms with Crippen molar-refractivity contribution < 1.29 is 9.90 Å². The summed E-state index contributed by atoms with van der Waals surface area (Å²) in [6.45, 7) is 2.44. The lowest BCUT2D eigenvalue weighted by Gasteiger charge is -2.10. The second-order valence-electron chi connectivity index (χ2n) is 6.42. The molecule has 0 bridgehead atoms. The SMILES string of the molecule is Cc1nc2ccc(-c3cccc(C(=O)O)c3)cc2n1Cc1ccc(Cl)nc1Cl. The highest BCUT2D eigenvalue weighted by molar-refractivity contribution is 6.32. The van der Waals surface area contributed by atoms with E-state index < -0.39 is 5.97 Å². The molecule has 2 aromatic carbocycles. The summed E-state index contributed by atoms with van der Waals surface area (Å²) in [5, 5.41) is 9.95. The number of halogens is 2. The zero-order chi connectivity index (χ0) is 19.8. The van der Waals surface area contributed by atoms with E-state index in [2.05, 4.69) is 14.5 Å². The van der Waals surface area contributed by atoms with Gasteiger partial charge in [0.15, 0.2) is 0 Å².